The van der Waals surface area contributed by atoms with E-state index in [1.54, 1.807) is 0 Å². The first kappa shape index (κ1) is 10.6. The Balaban J connectivity index is 4.26. The molecule has 0 amide bonds. The number of rotatable bonds is 6. The summed E-state index contributed by atoms with van der Waals surface area (Å²) in [4.78, 5) is 0. The van der Waals surface area contributed by atoms with Crippen molar-refractivity contribution in [1.29, 1.82) is 0 Å². The van der Waals surface area contributed by atoms with Crippen LogP contribution < -0.4 is 0 Å². The lowest BCUT2D eigenvalue weighted by Crippen LogP contribution is -1.76. The highest BCUT2D eigenvalue weighted by molar-refractivity contribution is 5.12. The Labute approximate surface area is 120 Å². The number of hydrogen-bond donors (Lipinski definition) is 0. The molecule has 0 aliphatic heterocycles. The van der Waals surface area contributed by atoms with Crippen LogP contribution in [0.4, 0.5) is 0 Å². The molecule has 0 aliphatic carbocycles. The molecule has 0 radical (unpaired) electrons. The first-order chi connectivity index (χ1) is 10.3. The van der Waals surface area contributed by atoms with E-state index >= 15 is 0 Å². The highest BCUT2D eigenvalue weighted by atomic mass is 13.9. The fourth-order valence-corrected chi connectivity index (χ4v) is 1.30. The first-order valence-corrected chi connectivity index (χ1v) is 6.83. The van der Waals surface area contributed by atoms with Crippen molar-refractivity contribution in [2.24, 2.45) is 0 Å². The molecular weight excluding hydrogens is 216 g/mol. The van der Waals surface area contributed by atoms with Crippen LogP contribution in [0.3, 0.4) is 0 Å². The SMILES string of the molecule is [2H]C([2H])(C#CCC)C#CC([2H])([2H])CC#CCCCCCCC. The number of unbranched alkanes of at least 4 members (excludes halogenated alkanes) is 5. The van der Waals surface area contributed by atoms with E-state index in [1.165, 1.54) is 25.7 Å². The minimum atomic E-state index is -1.96. The molecule has 0 unspecified atom stereocenters. The summed E-state index contributed by atoms with van der Waals surface area (Å²) in [5, 5.41) is 0. The molecule has 0 heterocycles. The van der Waals surface area contributed by atoms with Crippen LogP contribution in [0.15, 0.2) is 0 Å². The van der Waals surface area contributed by atoms with Gasteiger partial charge >= 0.3 is 0 Å². The van der Waals surface area contributed by atoms with E-state index in [4.69, 9.17) is 5.48 Å². The fourth-order valence-electron chi connectivity index (χ4n) is 1.30. The van der Waals surface area contributed by atoms with Gasteiger partial charge < -0.3 is 0 Å². The minimum Gasteiger partial charge on any atom is -0.103 e. The lowest BCUT2D eigenvalue weighted by atomic mass is 10.1. The van der Waals surface area contributed by atoms with Crippen LogP contribution in [-0.2, 0) is 0 Å². The molecule has 0 aromatic heterocycles. The van der Waals surface area contributed by atoms with E-state index in [-0.39, 0.29) is 6.42 Å². The second-order valence-corrected chi connectivity index (χ2v) is 3.90. The van der Waals surface area contributed by atoms with Gasteiger partial charge in [0.2, 0.25) is 0 Å². The van der Waals surface area contributed by atoms with Gasteiger partial charge in [-0.15, -0.1) is 23.7 Å². The monoisotopic (exact) mass is 246 g/mol. The highest BCUT2D eigenvalue weighted by Crippen LogP contribution is 2.03. The van der Waals surface area contributed by atoms with Crippen molar-refractivity contribution in [1.82, 2.24) is 0 Å². The smallest absolute Gasteiger partial charge is 0.0702 e. The summed E-state index contributed by atoms with van der Waals surface area (Å²) >= 11 is 0. The van der Waals surface area contributed by atoms with Crippen molar-refractivity contribution >= 4 is 0 Å². The van der Waals surface area contributed by atoms with Crippen molar-refractivity contribution in [3.63, 3.8) is 0 Å². The third-order valence-electron chi connectivity index (χ3n) is 2.25. The molecule has 0 heteroatoms. The van der Waals surface area contributed by atoms with E-state index in [1.807, 2.05) is 6.92 Å². The van der Waals surface area contributed by atoms with Crippen LogP contribution in [0.5, 0.6) is 0 Å². The van der Waals surface area contributed by atoms with E-state index < -0.39 is 12.7 Å². The first-order valence-electron chi connectivity index (χ1n) is 8.83. The molecule has 0 aromatic carbocycles. The van der Waals surface area contributed by atoms with Gasteiger partial charge in [-0.3, -0.25) is 0 Å². The van der Waals surface area contributed by atoms with Crippen LogP contribution in [-0.4, -0.2) is 0 Å². The van der Waals surface area contributed by atoms with Crippen molar-refractivity contribution < 1.29 is 5.48 Å². The van der Waals surface area contributed by atoms with Crippen LogP contribution in [0, 0.1) is 35.5 Å². The van der Waals surface area contributed by atoms with Gasteiger partial charge in [-0.25, -0.2) is 0 Å². The molecule has 0 rings (SSSR count). The largest absolute Gasteiger partial charge is 0.103 e. The molecule has 0 bridgehead atoms. The predicted octanol–water partition coefficient (Wildman–Crippen LogP) is 4.94. The van der Waals surface area contributed by atoms with Crippen molar-refractivity contribution in [2.45, 2.75) is 78.0 Å². The van der Waals surface area contributed by atoms with Gasteiger partial charge in [-0.1, -0.05) is 51.4 Å². The van der Waals surface area contributed by atoms with E-state index in [9.17, 15) is 0 Å². The molecule has 0 fully saturated rings. The molecule has 0 aliphatic rings. The molecule has 0 nitrogen and oxygen atoms in total. The molecule has 0 N–H and O–H groups in total. The molecular formula is C18H26. The summed E-state index contributed by atoms with van der Waals surface area (Å²) in [6.07, 6.45) is 3.53. The zero-order valence-electron chi connectivity index (χ0n) is 15.7. The normalized spacial score (nSPS) is 13.2. The topological polar surface area (TPSA) is 0 Å². The predicted molar refractivity (Wildman–Crippen MR) is 80.8 cm³/mol. The van der Waals surface area contributed by atoms with Crippen LogP contribution >= 0.6 is 0 Å². The maximum atomic E-state index is 7.73. The maximum Gasteiger partial charge on any atom is 0.0702 e. The van der Waals surface area contributed by atoms with Gasteiger partial charge in [0.1, 0.15) is 0 Å². The average molecular weight is 246 g/mol. The van der Waals surface area contributed by atoms with Gasteiger partial charge in [0, 0.05) is 28.4 Å². The molecule has 18 heavy (non-hydrogen) atoms. The molecule has 0 atom stereocenters. The highest BCUT2D eigenvalue weighted by Gasteiger charge is 1.85. The average Bonchev–Trinajstić information content (AvgIpc) is 2.46. The third-order valence-corrected chi connectivity index (χ3v) is 2.25. The summed E-state index contributed by atoms with van der Waals surface area (Å²) in [5.41, 5.74) is 0. The molecule has 0 saturated carbocycles. The summed E-state index contributed by atoms with van der Waals surface area (Å²) in [7, 11) is 0. The Hall–Kier alpha value is -1.32. The minimum absolute atomic E-state index is 0.00620. The van der Waals surface area contributed by atoms with Gasteiger partial charge in [0.15, 0.2) is 0 Å². The third kappa shape index (κ3) is 14.7. The fraction of sp³-hybridized carbons (Fsp3) is 0.667. The van der Waals surface area contributed by atoms with Crippen molar-refractivity contribution in [2.75, 3.05) is 0 Å². The zero-order valence-corrected chi connectivity index (χ0v) is 11.7. The van der Waals surface area contributed by atoms with Crippen molar-refractivity contribution in [3.8, 4) is 35.5 Å². The summed E-state index contributed by atoms with van der Waals surface area (Å²) in [6, 6.07) is 0. The Kier molecular flexibility index (Phi) is 9.22. The standard InChI is InChI=1S/C18H26/c1-3-5-7-9-11-13-15-17-18-16-14-12-10-8-6-4-2/h3-5,7,9-11,13,16,18H2,1-2H3/i10D2,16D2. The van der Waals surface area contributed by atoms with Crippen LogP contribution in [0.2, 0.25) is 0 Å². The van der Waals surface area contributed by atoms with Gasteiger partial charge in [0.25, 0.3) is 0 Å². The maximum absolute atomic E-state index is 7.73. The molecule has 0 aromatic rings. The molecule has 98 valence electrons. The zero-order chi connectivity index (χ0) is 16.9. The summed E-state index contributed by atoms with van der Waals surface area (Å²) in [6.45, 7) is 4.01. The van der Waals surface area contributed by atoms with Crippen LogP contribution in [0.25, 0.3) is 0 Å². The Morgan fingerprint density at radius 2 is 1.44 bits per heavy atom. The lowest BCUT2D eigenvalue weighted by molar-refractivity contribution is 0.641. The second kappa shape index (κ2) is 15.7. The van der Waals surface area contributed by atoms with Crippen molar-refractivity contribution in [3.05, 3.63) is 0 Å². The van der Waals surface area contributed by atoms with E-state index in [0.717, 1.165) is 12.8 Å². The lowest BCUT2D eigenvalue weighted by Gasteiger charge is -1.94. The van der Waals surface area contributed by atoms with E-state index in [2.05, 4.69) is 42.4 Å². The van der Waals surface area contributed by atoms with Crippen LogP contribution in [0.1, 0.15) is 83.4 Å². The van der Waals surface area contributed by atoms with E-state index in [0.29, 0.717) is 6.42 Å². The second-order valence-electron chi connectivity index (χ2n) is 3.90. The number of hydrogen-bond acceptors (Lipinski definition) is 0. The van der Waals surface area contributed by atoms with Gasteiger partial charge in [-0.05, 0) is 6.42 Å². The summed E-state index contributed by atoms with van der Waals surface area (Å²) in [5.74, 6) is 15.4. The Bertz CT molecular complexity index is 486. The molecule has 0 spiro atoms. The molecule has 0 saturated heterocycles. The summed E-state index contributed by atoms with van der Waals surface area (Å²) < 4.78 is 30.6. The van der Waals surface area contributed by atoms with Gasteiger partial charge in [-0.2, -0.15) is 0 Å². The quantitative estimate of drug-likeness (QED) is 0.460. The Morgan fingerprint density at radius 1 is 0.722 bits per heavy atom. The van der Waals surface area contributed by atoms with Gasteiger partial charge in [0.05, 0.1) is 9.11 Å². The Morgan fingerprint density at radius 3 is 2.22 bits per heavy atom.